The molecule has 4 rings (SSSR count). The summed E-state index contributed by atoms with van der Waals surface area (Å²) in [4.78, 5) is 24.3. The molecule has 1 amide bonds. The van der Waals surface area contributed by atoms with Gasteiger partial charge in [0, 0.05) is 29.5 Å². The van der Waals surface area contributed by atoms with Gasteiger partial charge in [0.25, 0.3) is 5.91 Å². The monoisotopic (exact) mass is 319 g/mol. The van der Waals surface area contributed by atoms with Crippen molar-refractivity contribution in [2.45, 2.75) is 20.4 Å². The maximum atomic E-state index is 12.5. The lowest BCUT2D eigenvalue weighted by Crippen LogP contribution is -2.24. The van der Waals surface area contributed by atoms with E-state index in [1.165, 1.54) is 5.56 Å². The highest BCUT2D eigenvalue weighted by atomic mass is 16.1. The predicted octanol–water partition coefficient (Wildman–Crippen LogP) is 2.76. The zero-order chi connectivity index (χ0) is 16.7. The standard InChI is InChI=1S/C18H17N5O/c1-11-4-5-15-14(8-11)12(2)16(22-15)17(24)20-9-13-10-23-7-3-6-19-18(23)21-13/h3-8,10,22H,9H2,1-2H3,(H,20,24). The first-order valence-corrected chi connectivity index (χ1v) is 7.77. The lowest BCUT2D eigenvalue weighted by atomic mass is 10.1. The zero-order valence-corrected chi connectivity index (χ0v) is 13.5. The molecule has 0 radical (unpaired) electrons. The number of nitrogens with zero attached hydrogens (tertiary/aromatic N) is 3. The molecular weight excluding hydrogens is 302 g/mol. The number of hydrogen-bond acceptors (Lipinski definition) is 3. The van der Waals surface area contributed by atoms with Gasteiger partial charge in [-0.15, -0.1) is 0 Å². The van der Waals surface area contributed by atoms with Crippen molar-refractivity contribution in [3.8, 4) is 0 Å². The Morgan fingerprint density at radius 2 is 2.21 bits per heavy atom. The van der Waals surface area contributed by atoms with Gasteiger partial charge in [-0.3, -0.25) is 9.20 Å². The summed E-state index contributed by atoms with van der Waals surface area (Å²) >= 11 is 0. The molecule has 3 aromatic heterocycles. The van der Waals surface area contributed by atoms with Crippen molar-refractivity contribution in [2.24, 2.45) is 0 Å². The molecule has 2 N–H and O–H groups in total. The van der Waals surface area contributed by atoms with E-state index in [-0.39, 0.29) is 5.91 Å². The molecule has 0 aliphatic carbocycles. The number of carbonyl (C=O) groups is 1. The minimum Gasteiger partial charge on any atom is -0.350 e. The number of amides is 1. The zero-order valence-electron chi connectivity index (χ0n) is 13.5. The second-order valence-electron chi connectivity index (χ2n) is 5.92. The SMILES string of the molecule is Cc1ccc2[nH]c(C(=O)NCc3cn4cccnc4n3)c(C)c2c1. The maximum Gasteiger partial charge on any atom is 0.268 e. The molecule has 0 saturated carbocycles. The predicted molar refractivity (Wildman–Crippen MR) is 91.9 cm³/mol. The first-order chi connectivity index (χ1) is 11.6. The molecule has 0 unspecified atom stereocenters. The molecule has 0 atom stereocenters. The van der Waals surface area contributed by atoms with Gasteiger partial charge in [-0.05, 0) is 37.6 Å². The molecule has 0 fully saturated rings. The Bertz CT molecular complexity index is 1030. The van der Waals surface area contributed by atoms with Gasteiger partial charge in [-0.1, -0.05) is 11.6 Å². The third-order valence-electron chi connectivity index (χ3n) is 4.16. The number of carbonyl (C=O) groups excluding carboxylic acids is 1. The second-order valence-corrected chi connectivity index (χ2v) is 5.92. The topological polar surface area (TPSA) is 75.1 Å². The number of aromatic nitrogens is 4. The van der Waals surface area contributed by atoms with Gasteiger partial charge < -0.3 is 10.3 Å². The van der Waals surface area contributed by atoms with Crippen molar-refractivity contribution in [2.75, 3.05) is 0 Å². The smallest absolute Gasteiger partial charge is 0.268 e. The Morgan fingerprint density at radius 3 is 3.04 bits per heavy atom. The molecule has 0 spiro atoms. The van der Waals surface area contributed by atoms with Crippen LogP contribution < -0.4 is 5.32 Å². The van der Waals surface area contributed by atoms with Crippen LogP contribution in [0.4, 0.5) is 0 Å². The number of rotatable bonds is 3. The van der Waals surface area contributed by atoms with Crippen LogP contribution in [0.25, 0.3) is 16.7 Å². The second kappa shape index (κ2) is 5.49. The summed E-state index contributed by atoms with van der Waals surface area (Å²) in [5.74, 6) is 0.491. The fraction of sp³-hybridized carbons (Fsp3) is 0.167. The van der Waals surface area contributed by atoms with Crippen LogP contribution >= 0.6 is 0 Å². The van der Waals surface area contributed by atoms with Crippen LogP contribution in [0.5, 0.6) is 0 Å². The molecule has 0 saturated heterocycles. The minimum atomic E-state index is -0.133. The highest BCUT2D eigenvalue weighted by Crippen LogP contribution is 2.22. The number of aryl methyl sites for hydroxylation is 2. The van der Waals surface area contributed by atoms with Crippen molar-refractivity contribution in [1.29, 1.82) is 0 Å². The Labute approximate surface area is 138 Å². The van der Waals surface area contributed by atoms with Gasteiger partial charge in [-0.2, -0.15) is 0 Å². The number of imidazole rings is 1. The van der Waals surface area contributed by atoms with Crippen molar-refractivity contribution in [3.05, 3.63) is 65.4 Å². The summed E-state index contributed by atoms with van der Waals surface area (Å²) in [7, 11) is 0. The molecule has 0 bridgehead atoms. The lowest BCUT2D eigenvalue weighted by Gasteiger charge is -2.02. The highest BCUT2D eigenvalue weighted by Gasteiger charge is 2.15. The van der Waals surface area contributed by atoms with E-state index in [0.717, 1.165) is 22.2 Å². The maximum absolute atomic E-state index is 12.5. The molecule has 0 aliphatic rings. The summed E-state index contributed by atoms with van der Waals surface area (Å²) in [5, 5.41) is 4.00. The van der Waals surface area contributed by atoms with Crippen molar-refractivity contribution < 1.29 is 4.79 Å². The van der Waals surface area contributed by atoms with Crippen LogP contribution in [-0.2, 0) is 6.54 Å². The Kier molecular flexibility index (Phi) is 3.30. The third-order valence-corrected chi connectivity index (χ3v) is 4.16. The summed E-state index contributed by atoms with van der Waals surface area (Å²) < 4.78 is 1.83. The van der Waals surface area contributed by atoms with Crippen LogP contribution in [-0.4, -0.2) is 25.3 Å². The van der Waals surface area contributed by atoms with E-state index >= 15 is 0 Å². The van der Waals surface area contributed by atoms with Gasteiger partial charge in [0.1, 0.15) is 5.69 Å². The van der Waals surface area contributed by atoms with Crippen molar-refractivity contribution in [3.63, 3.8) is 0 Å². The summed E-state index contributed by atoms with van der Waals surface area (Å²) in [6.45, 7) is 4.36. The van der Waals surface area contributed by atoms with Gasteiger partial charge >= 0.3 is 0 Å². The van der Waals surface area contributed by atoms with E-state index in [9.17, 15) is 4.79 Å². The van der Waals surface area contributed by atoms with E-state index in [0.29, 0.717) is 18.0 Å². The van der Waals surface area contributed by atoms with Gasteiger partial charge in [0.15, 0.2) is 0 Å². The average molecular weight is 319 g/mol. The van der Waals surface area contributed by atoms with Gasteiger partial charge in [0.2, 0.25) is 5.78 Å². The van der Waals surface area contributed by atoms with E-state index in [2.05, 4.69) is 26.3 Å². The van der Waals surface area contributed by atoms with Gasteiger partial charge in [-0.25, -0.2) is 9.97 Å². The molecule has 4 aromatic rings. The van der Waals surface area contributed by atoms with E-state index in [4.69, 9.17) is 0 Å². The Morgan fingerprint density at radius 1 is 1.33 bits per heavy atom. The normalized spacial score (nSPS) is 11.2. The molecule has 0 aliphatic heterocycles. The first kappa shape index (κ1) is 14.4. The van der Waals surface area contributed by atoms with Crippen molar-refractivity contribution in [1.82, 2.24) is 24.7 Å². The number of benzene rings is 1. The molecule has 120 valence electrons. The number of H-pyrrole nitrogens is 1. The minimum absolute atomic E-state index is 0.133. The number of aromatic amines is 1. The number of nitrogens with one attached hydrogen (secondary N) is 2. The number of fused-ring (bicyclic) bond motifs is 2. The van der Waals surface area contributed by atoms with E-state index < -0.39 is 0 Å². The molecular formula is C18H17N5O. The average Bonchev–Trinajstić information content (AvgIpc) is 3.14. The largest absolute Gasteiger partial charge is 0.350 e. The van der Waals surface area contributed by atoms with Crippen LogP contribution in [0, 0.1) is 13.8 Å². The highest BCUT2D eigenvalue weighted by molar-refractivity contribution is 6.00. The fourth-order valence-corrected chi connectivity index (χ4v) is 2.89. The van der Waals surface area contributed by atoms with Gasteiger partial charge in [0.05, 0.1) is 12.2 Å². The summed E-state index contributed by atoms with van der Waals surface area (Å²) in [6, 6.07) is 7.96. The Balaban J connectivity index is 1.56. The lowest BCUT2D eigenvalue weighted by molar-refractivity contribution is 0.0945. The molecule has 1 aromatic carbocycles. The summed E-state index contributed by atoms with van der Waals surface area (Å²) in [5.41, 5.74) is 4.47. The van der Waals surface area contributed by atoms with Crippen LogP contribution in [0.15, 0.2) is 42.9 Å². The molecule has 3 heterocycles. The summed E-state index contributed by atoms with van der Waals surface area (Å²) in [6.07, 6.45) is 5.44. The van der Waals surface area contributed by atoms with Crippen LogP contribution in [0.1, 0.15) is 27.3 Å². The Hall–Kier alpha value is -3.15. The number of hydrogen-bond donors (Lipinski definition) is 2. The van der Waals surface area contributed by atoms with Crippen molar-refractivity contribution >= 4 is 22.6 Å². The quantitative estimate of drug-likeness (QED) is 0.610. The molecule has 24 heavy (non-hydrogen) atoms. The third kappa shape index (κ3) is 2.42. The fourth-order valence-electron chi connectivity index (χ4n) is 2.89. The molecule has 6 heteroatoms. The molecule has 6 nitrogen and oxygen atoms in total. The van der Waals surface area contributed by atoms with E-state index in [1.54, 1.807) is 6.20 Å². The van der Waals surface area contributed by atoms with E-state index in [1.807, 2.05) is 48.8 Å². The first-order valence-electron chi connectivity index (χ1n) is 7.77. The van der Waals surface area contributed by atoms with Crippen LogP contribution in [0.2, 0.25) is 0 Å². The van der Waals surface area contributed by atoms with Crippen LogP contribution in [0.3, 0.4) is 0 Å².